The molecule has 3 rings (SSSR count). The number of rotatable bonds is 5. The molecule has 2 aromatic heterocycles. The molecule has 0 spiro atoms. The second-order valence-electron chi connectivity index (χ2n) is 6.04. The molecule has 7 heteroatoms. The highest BCUT2D eigenvalue weighted by Crippen LogP contribution is 2.30. The molecular weight excluding hydrogens is 296 g/mol. The van der Waals surface area contributed by atoms with E-state index in [1.54, 1.807) is 24.5 Å². The van der Waals surface area contributed by atoms with Crippen LogP contribution in [0.15, 0.2) is 30.7 Å². The van der Waals surface area contributed by atoms with Crippen molar-refractivity contribution in [1.82, 2.24) is 14.8 Å². The zero-order chi connectivity index (χ0) is 16.2. The SMILES string of the molecule is O=[N+]([O-])c1cn(CC(O)C2CCCCC2)nc1-c1ccncc1. The average molecular weight is 316 g/mol. The van der Waals surface area contributed by atoms with Crippen LogP contribution in [0.25, 0.3) is 11.3 Å². The van der Waals surface area contributed by atoms with Crippen molar-refractivity contribution in [2.24, 2.45) is 5.92 Å². The van der Waals surface area contributed by atoms with E-state index >= 15 is 0 Å². The maximum atomic E-state index is 11.3. The van der Waals surface area contributed by atoms with E-state index in [4.69, 9.17) is 0 Å². The smallest absolute Gasteiger partial charge is 0.314 e. The molecule has 0 amide bonds. The van der Waals surface area contributed by atoms with E-state index in [2.05, 4.69) is 10.1 Å². The van der Waals surface area contributed by atoms with E-state index in [0.717, 1.165) is 25.7 Å². The van der Waals surface area contributed by atoms with Crippen molar-refractivity contribution in [2.45, 2.75) is 44.8 Å². The number of aliphatic hydroxyl groups is 1. The average Bonchev–Trinajstić information content (AvgIpc) is 3.00. The molecule has 0 saturated heterocycles. The van der Waals surface area contributed by atoms with Gasteiger partial charge < -0.3 is 5.11 Å². The molecule has 1 N–H and O–H groups in total. The fourth-order valence-corrected chi connectivity index (χ4v) is 3.21. The number of pyridine rings is 1. The van der Waals surface area contributed by atoms with Crippen LogP contribution in [-0.4, -0.2) is 30.9 Å². The predicted molar refractivity (Wildman–Crippen MR) is 84.7 cm³/mol. The molecule has 122 valence electrons. The van der Waals surface area contributed by atoms with Gasteiger partial charge in [-0.1, -0.05) is 19.3 Å². The zero-order valence-corrected chi connectivity index (χ0v) is 12.8. The minimum absolute atomic E-state index is 0.0490. The molecule has 1 saturated carbocycles. The Balaban J connectivity index is 1.82. The van der Waals surface area contributed by atoms with Crippen molar-refractivity contribution in [3.8, 4) is 11.3 Å². The van der Waals surface area contributed by atoms with Crippen molar-refractivity contribution >= 4 is 5.69 Å². The van der Waals surface area contributed by atoms with Crippen molar-refractivity contribution in [3.63, 3.8) is 0 Å². The fraction of sp³-hybridized carbons (Fsp3) is 0.500. The highest BCUT2D eigenvalue weighted by Gasteiger charge is 2.25. The molecule has 1 aliphatic rings. The summed E-state index contributed by atoms with van der Waals surface area (Å²) in [7, 11) is 0. The zero-order valence-electron chi connectivity index (χ0n) is 12.8. The molecular formula is C16H20N4O3. The van der Waals surface area contributed by atoms with Crippen molar-refractivity contribution in [1.29, 1.82) is 0 Å². The number of nitrogens with zero attached hydrogens (tertiary/aromatic N) is 4. The first-order chi connectivity index (χ1) is 11.1. The summed E-state index contributed by atoms with van der Waals surface area (Å²) in [4.78, 5) is 14.7. The van der Waals surface area contributed by atoms with Gasteiger partial charge in [-0.3, -0.25) is 19.8 Å². The second kappa shape index (κ2) is 6.87. The lowest BCUT2D eigenvalue weighted by atomic mass is 9.85. The molecule has 7 nitrogen and oxygen atoms in total. The molecule has 1 fully saturated rings. The minimum atomic E-state index is -0.514. The van der Waals surface area contributed by atoms with Crippen LogP contribution in [0.4, 0.5) is 5.69 Å². The van der Waals surface area contributed by atoms with Gasteiger partial charge in [0.15, 0.2) is 5.69 Å². The summed E-state index contributed by atoms with van der Waals surface area (Å²) in [6.45, 7) is 0.288. The van der Waals surface area contributed by atoms with Gasteiger partial charge in [0, 0.05) is 18.0 Å². The Hall–Kier alpha value is -2.28. The van der Waals surface area contributed by atoms with Crippen LogP contribution in [0.5, 0.6) is 0 Å². The second-order valence-corrected chi connectivity index (χ2v) is 6.04. The third-order valence-corrected chi connectivity index (χ3v) is 4.46. The molecule has 23 heavy (non-hydrogen) atoms. The number of hydrogen-bond donors (Lipinski definition) is 1. The quantitative estimate of drug-likeness (QED) is 0.676. The van der Waals surface area contributed by atoms with E-state index in [1.807, 2.05) is 0 Å². The van der Waals surface area contributed by atoms with Crippen LogP contribution in [0.3, 0.4) is 0 Å². The summed E-state index contributed by atoms with van der Waals surface area (Å²) in [5, 5.41) is 26.0. The fourth-order valence-electron chi connectivity index (χ4n) is 3.21. The van der Waals surface area contributed by atoms with E-state index < -0.39 is 11.0 Å². The highest BCUT2D eigenvalue weighted by molar-refractivity contribution is 5.68. The van der Waals surface area contributed by atoms with Gasteiger partial charge in [-0.25, -0.2) is 0 Å². The summed E-state index contributed by atoms with van der Waals surface area (Å²) in [5.74, 6) is 0.261. The van der Waals surface area contributed by atoms with Crippen molar-refractivity contribution in [2.75, 3.05) is 0 Å². The first-order valence-electron chi connectivity index (χ1n) is 7.95. The number of nitro groups is 1. The normalized spacial score (nSPS) is 17.1. The van der Waals surface area contributed by atoms with Crippen LogP contribution in [0.2, 0.25) is 0 Å². The number of aliphatic hydroxyl groups excluding tert-OH is 1. The molecule has 1 aliphatic carbocycles. The Morgan fingerprint density at radius 1 is 1.30 bits per heavy atom. The highest BCUT2D eigenvalue weighted by atomic mass is 16.6. The van der Waals surface area contributed by atoms with Crippen LogP contribution in [0.1, 0.15) is 32.1 Å². The molecule has 2 heterocycles. The van der Waals surface area contributed by atoms with Gasteiger partial charge >= 0.3 is 5.69 Å². The van der Waals surface area contributed by atoms with Gasteiger partial charge in [-0.15, -0.1) is 0 Å². The predicted octanol–water partition coefficient (Wildman–Crippen LogP) is 2.79. The van der Waals surface area contributed by atoms with Crippen LogP contribution in [0, 0.1) is 16.0 Å². The third kappa shape index (κ3) is 3.56. The summed E-state index contributed by atoms with van der Waals surface area (Å²) in [6, 6.07) is 3.38. The summed E-state index contributed by atoms with van der Waals surface area (Å²) in [5.41, 5.74) is 0.915. The lowest BCUT2D eigenvalue weighted by Crippen LogP contribution is -2.27. The largest absolute Gasteiger partial charge is 0.391 e. The monoisotopic (exact) mass is 316 g/mol. The molecule has 0 aromatic carbocycles. The lowest BCUT2D eigenvalue weighted by molar-refractivity contribution is -0.384. The topological polar surface area (TPSA) is 94.1 Å². The van der Waals surface area contributed by atoms with Gasteiger partial charge in [-0.05, 0) is 30.9 Å². The van der Waals surface area contributed by atoms with Crippen LogP contribution < -0.4 is 0 Å². The summed E-state index contributed by atoms with van der Waals surface area (Å²) in [6.07, 6.45) is 9.59. The van der Waals surface area contributed by atoms with Gasteiger partial charge in [0.25, 0.3) is 0 Å². The summed E-state index contributed by atoms with van der Waals surface area (Å²) >= 11 is 0. The molecule has 0 bridgehead atoms. The third-order valence-electron chi connectivity index (χ3n) is 4.46. The van der Waals surface area contributed by atoms with E-state index in [9.17, 15) is 15.2 Å². The molecule has 1 atom stereocenters. The Bertz CT molecular complexity index is 665. The van der Waals surface area contributed by atoms with E-state index in [0.29, 0.717) is 11.3 Å². The summed E-state index contributed by atoms with van der Waals surface area (Å²) < 4.78 is 1.49. The van der Waals surface area contributed by atoms with Gasteiger partial charge in [0.1, 0.15) is 6.20 Å². The van der Waals surface area contributed by atoms with Gasteiger partial charge in [0.2, 0.25) is 0 Å². The molecule has 1 unspecified atom stereocenters. The van der Waals surface area contributed by atoms with Crippen LogP contribution in [-0.2, 0) is 6.54 Å². The Kier molecular flexibility index (Phi) is 4.66. The van der Waals surface area contributed by atoms with E-state index in [-0.39, 0.29) is 18.2 Å². The van der Waals surface area contributed by atoms with Gasteiger partial charge in [0.05, 0.1) is 17.6 Å². The number of hydrogen-bond acceptors (Lipinski definition) is 5. The maximum Gasteiger partial charge on any atom is 0.314 e. The first kappa shape index (κ1) is 15.6. The first-order valence-corrected chi connectivity index (χ1v) is 7.95. The Labute approximate surface area is 134 Å². The molecule has 0 radical (unpaired) electrons. The lowest BCUT2D eigenvalue weighted by Gasteiger charge is -2.26. The maximum absolute atomic E-state index is 11.3. The Morgan fingerprint density at radius 2 is 2.00 bits per heavy atom. The van der Waals surface area contributed by atoms with E-state index in [1.165, 1.54) is 17.3 Å². The standard InChI is InChI=1S/C16H20N4O3/c21-15(12-4-2-1-3-5-12)11-19-10-14(20(22)23)16(18-19)13-6-8-17-9-7-13/h6-10,12,15,21H,1-5,11H2. The Morgan fingerprint density at radius 3 is 2.65 bits per heavy atom. The molecule has 0 aliphatic heterocycles. The van der Waals surface area contributed by atoms with Gasteiger partial charge in [-0.2, -0.15) is 5.10 Å². The molecule has 2 aromatic rings. The number of aromatic nitrogens is 3. The van der Waals surface area contributed by atoms with Crippen molar-refractivity contribution < 1.29 is 10.0 Å². The van der Waals surface area contributed by atoms with Crippen molar-refractivity contribution in [3.05, 3.63) is 40.8 Å². The minimum Gasteiger partial charge on any atom is -0.391 e. The van der Waals surface area contributed by atoms with Crippen LogP contribution >= 0.6 is 0 Å².